The molecule has 0 amide bonds. The Balaban J connectivity index is 1.59. The van der Waals surface area contributed by atoms with Crippen molar-refractivity contribution in [2.75, 3.05) is 18.0 Å². The van der Waals surface area contributed by atoms with Crippen molar-refractivity contribution in [3.63, 3.8) is 0 Å². The number of anilines is 1. The van der Waals surface area contributed by atoms with E-state index in [4.69, 9.17) is 9.84 Å². The molecule has 2 aliphatic rings. The van der Waals surface area contributed by atoms with Gasteiger partial charge in [-0.1, -0.05) is 0 Å². The van der Waals surface area contributed by atoms with E-state index in [-0.39, 0.29) is 6.42 Å². The molecule has 3 heterocycles. The number of hydrogen-bond donors (Lipinski definition) is 1. The summed E-state index contributed by atoms with van der Waals surface area (Å²) >= 11 is 0. The van der Waals surface area contributed by atoms with Gasteiger partial charge in [-0.3, -0.25) is 4.79 Å². The molecule has 0 atom stereocenters. The van der Waals surface area contributed by atoms with Crippen LogP contribution in [-0.4, -0.2) is 24.2 Å². The summed E-state index contributed by atoms with van der Waals surface area (Å²) in [6.45, 7) is 6.64. The second kappa shape index (κ2) is 7.56. The lowest BCUT2D eigenvalue weighted by Crippen LogP contribution is -2.35. The van der Waals surface area contributed by atoms with Crippen LogP contribution in [0.1, 0.15) is 41.5 Å². The highest BCUT2D eigenvalue weighted by atomic mass is 16.5. The Kier molecular flexibility index (Phi) is 4.84. The molecule has 5 heteroatoms. The van der Waals surface area contributed by atoms with E-state index in [2.05, 4.69) is 60.7 Å². The summed E-state index contributed by atoms with van der Waals surface area (Å²) in [4.78, 5) is 13.2. The molecule has 3 aromatic rings. The third-order valence-corrected chi connectivity index (χ3v) is 6.83. The number of benzene rings is 2. The topological polar surface area (TPSA) is 53.7 Å². The second-order valence-electron chi connectivity index (χ2n) is 8.93. The van der Waals surface area contributed by atoms with Crippen molar-refractivity contribution in [1.29, 1.82) is 0 Å². The quantitative estimate of drug-likeness (QED) is 0.637. The number of aryl methyl sites for hydroxylation is 4. The Hall–Kier alpha value is -3.08. The van der Waals surface area contributed by atoms with E-state index in [1.54, 1.807) is 0 Å². The number of hydrogen-bond acceptors (Lipinski definition) is 3. The predicted octanol–water partition coefficient (Wildman–Crippen LogP) is 4.46. The summed E-state index contributed by atoms with van der Waals surface area (Å²) in [5, 5.41) is 10.2. The molecule has 2 aromatic carbocycles. The SMILES string of the molecule is Cc1cc2cc3c([n+](C)c2cc1C)-c1cc2c(cc1OC3)N(CCCC(=O)O)CCC2. The van der Waals surface area contributed by atoms with E-state index < -0.39 is 5.97 Å². The molecule has 0 unspecified atom stereocenters. The summed E-state index contributed by atoms with van der Waals surface area (Å²) < 4.78 is 8.55. The number of ether oxygens (including phenoxy) is 1. The van der Waals surface area contributed by atoms with Gasteiger partial charge in [-0.15, -0.1) is 0 Å². The molecule has 0 spiro atoms. The summed E-state index contributed by atoms with van der Waals surface area (Å²) in [5.74, 6) is 0.197. The van der Waals surface area contributed by atoms with Gasteiger partial charge < -0.3 is 14.7 Å². The van der Waals surface area contributed by atoms with Crippen LogP contribution in [0.3, 0.4) is 0 Å². The van der Waals surface area contributed by atoms with Gasteiger partial charge in [0.05, 0.1) is 11.1 Å². The molecule has 0 bridgehead atoms. The average Bonchev–Trinajstić information content (AvgIpc) is 2.73. The number of pyridine rings is 1. The minimum Gasteiger partial charge on any atom is -0.488 e. The van der Waals surface area contributed by atoms with E-state index in [1.807, 2.05) is 0 Å². The largest absolute Gasteiger partial charge is 0.488 e. The monoisotopic (exact) mass is 417 g/mol. The van der Waals surface area contributed by atoms with Gasteiger partial charge in [0, 0.05) is 42.7 Å². The third kappa shape index (κ3) is 3.42. The number of nitrogens with zero attached hydrogens (tertiary/aromatic N) is 2. The van der Waals surface area contributed by atoms with Crippen molar-refractivity contribution in [2.24, 2.45) is 7.05 Å². The second-order valence-corrected chi connectivity index (χ2v) is 8.93. The molecule has 0 saturated heterocycles. The normalized spacial score (nSPS) is 14.6. The number of aliphatic carboxylic acids is 1. The molecule has 0 saturated carbocycles. The first-order valence-electron chi connectivity index (χ1n) is 11.1. The van der Waals surface area contributed by atoms with Crippen molar-refractivity contribution >= 4 is 22.6 Å². The van der Waals surface area contributed by atoms with Crippen LogP contribution in [0.5, 0.6) is 5.75 Å². The van der Waals surface area contributed by atoms with Crippen LogP contribution in [0, 0.1) is 13.8 Å². The molecule has 5 rings (SSSR count). The first kappa shape index (κ1) is 19.9. The van der Waals surface area contributed by atoms with Crippen molar-refractivity contribution in [1.82, 2.24) is 0 Å². The van der Waals surface area contributed by atoms with Gasteiger partial charge >= 0.3 is 5.97 Å². The third-order valence-electron chi connectivity index (χ3n) is 6.83. The van der Waals surface area contributed by atoms with Crippen molar-refractivity contribution in [3.05, 3.63) is 52.6 Å². The van der Waals surface area contributed by atoms with Crippen LogP contribution in [0.25, 0.3) is 22.2 Å². The number of rotatable bonds is 4. The molecule has 1 N–H and O–H groups in total. The Morgan fingerprint density at radius 1 is 1.13 bits per heavy atom. The van der Waals surface area contributed by atoms with Crippen molar-refractivity contribution in [2.45, 2.75) is 46.1 Å². The van der Waals surface area contributed by atoms with Gasteiger partial charge in [0.25, 0.3) is 0 Å². The Bertz CT molecular complexity index is 1220. The van der Waals surface area contributed by atoms with Gasteiger partial charge in [0.1, 0.15) is 19.4 Å². The van der Waals surface area contributed by atoms with E-state index >= 15 is 0 Å². The zero-order valence-corrected chi connectivity index (χ0v) is 18.5. The maximum Gasteiger partial charge on any atom is 0.303 e. The van der Waals surface area contributed by atoms with Crippen LogP contribution in [0.15, 0.2) is 30.3 Å². The predicted molar refractivity (Wildman–Crippen MR) is 122 cm³/mol. The van der Waals surface area contributed by atoms with Gasteiger partial charge in [-0.05, 0) is 68.0 Å². The number of carboxylic acids is 1. The first-order valence-corrected chi connectivity index (χ1v) is 11.1. The highest BCUT2D eigenvalue weighted by Crippen LogP contribution is 2.42. The highest BCUT2D eigenvalue weighted by molar-refractivity contribution is 5.83. The maximum atomic E-state index is 10.9. The number of carboxylic acid groups (broad SMARTS) is 1. The van der Waals surface area contributed by atoms with Gasteiger partial charge in [0.15, 0.2) is 0 Å². The van der Waals surface area contributed by atoms with Crippen molar-refractivity contribution in [3.8, 4) is 17.0 Å². The van der Waals surface area contributed by atoms with Gasteiger partial charge in [-0.2, -0.15) is 4.57 Å². The molecule has 0 radical (unpaired) electrons. The first-order chi connectivity index (χ1) is 14.9. The molecule has 0 fully saturated rings. The molecule has 5 nitrogen and oxygen atoms in total. The number of carbonyl (C=O) groups is 1. The lowest BCUT2D eigenvalue weighted by molar-refractivity contribution is -0.634. The fourth-order valence-electron chi connectivity index (χ4n) is 5.09. The van der Waals surface area contributed by atoms with Crippen LogP contribution in [0.2, 0.25) is 0 Å². The minimum atomic E-state index is -0.729. The van der Waals surface area contributed by atoms with E-state index in [0.717, 1.165) is 37.2 Å². The highest BCUT2D eigenvalue weighted by Gasteiger charge is 2.30. The van der Waals surface area contributed by atoms with Crippen LogP contribution in [-0.2, 0) is 24.9 Å². The zero-order chi connectivity index (χ0) is 21.7. The Labute approximate surface area is 182 Å². The summed E-state index contributed by atoms with van der Waals surface area (Å²) in [5.41, 5.74) is 10.0. The molecule has 160 valence electrons. The van der Waals surface area contributed by atoms with Crippen LogP contribution >= 0.6 is 0 Å². The van der Waals surface area contributed by atoms with E-state index in [9.17, 15) is 4.79 Å². The van der Waals surface area contributed by atoms with Crippen LogP contribution < -0.4 is 14.2 Å². The van der Waals surface area contributed by atoms with E-state index in [1.165, 1.54) is 44.5 Å². The fraction of sp³-hybridized carbons (Fsp3) is 0.385. The minimum absolute atomic E-state index is 0.211. The Morgan fingerprint density at radius 2 is 1.94 bits per heavy atom. The fourth-order valence-corrected chi connectivity index (χ4v) is 5.09. The standard InChI is InChI=1S/C26H28N2O3/c1-16-10-19-12-20-15-31-24-14-23-18(6-4-8-28(23)9-5-7-25(29)30)13-21(24)26(20)27(3)22(19)11-17(16)2/h10-14H,4-9,15H2,1-3H3/p+1. The van der Waals surface area contributed by atoms with Crippen molar-refractivity contribution < 1.29 is 19.2 Å². The lowest BCUT2D eigenvalue weighted by atomic mass is 9.93. The summed E-state index contributed by atoms with van der Waals surface area (Å²) in [7, 11) is 2.16. The lowest BCUT2D eigenvalue weighted by Gasteiger charge is -2.33. The number of aromatic nitrogens is 1. The smallest absolute Gasteiger partial charge is 0.303 e. The average molecular weight is 418 g/mol. The molecule has 0 aliphatic carbocycles. The molecule has 1 aromatic heterocycles. The zero-order valence-electron chi connectivity index (χ0n) is 18.5. The maximum absolute atomic E-state index is 10.9. The summed E-state index contributed by atoms with van der Waals surface area (Å²) in [6.07, 6.45) is 3.01. The van der Waals surface area contributed by atoms with Gasteiger partial charge in [0.2, 0.25) is 11.2 Å². The van der Waals surface area contributed by atoms with E-state index in [0.29, 0.717) is 13.0 Å². The molecular formula is C26H29N2O3+. The van der Waals surface area contributed by atoms with Crippen LogP contribution in [0.4, 0.5) is 5.69 Å². The summed E-state index contributed by atoms with van der Waals surface area (Å²) in [6, 6.07) is 11.3. The molecule has 2 aliphatic heterocycles. The molecular weight excluding hydrogens is 388 g/mol. The molecule has 31 heavy (non-hydrogen) atoms. The number of fused-ring (bicyclic) bond motifs is 5. The Morgan fingerprint density at radius 3 is 2.74 bits per heavy atom. The van der Waals surface area contributed by atoms with Gasteiger partial charge in [-0.25, -0.2) is 0 Å².